The predicted molar refractivity (Wildman–Crippen MR) is 128 cm³/mol. The number of hydrogen-bond donors (Lipinski definition) is 1. The third-order valence-corrected chi connectivity index (χ3v) is 6.50. The zero-order chi connectivity index (χ0) is 23.7. The number of halogens is 2. The van der Waals surface area contributed by atoms with Crippen LogP contribution >= 0.6 is 15.9 Å². The van der Waals surface area contributed by atoms with Crippen molar-refractivity contribution in [3.05, 3.63) is 63.4 Å². The molecule has 1 unspecified atom stereocenters. The molecule has 5 nitrogen and oxygen atoms in total. The van der Waals surface area contributed by atoms with E-state index in [0.29, 0.717) is 18.7 Å². The van der Waals surface area contributed by atoms with Gasteiger partial charge in [0.15, 0.2) is 6.61 Å². The van der Waals surface area contributed by atoms with Crippen LogP contribution in [0.25, 0.3) is 0 Å². The lowest BCUT2D eigenvalue weighted by Crippen LogP contribution is -2.50. The van der Waals surface area contributed by atoms with E-state index >= 15 is 0 Å². The summed E-state index contributed by atoms with van der Waals surface area (Å²) >= 11 is 3.53. The van der Waals surface area contributed by atoms with Gasteiger partial charge in [0.05, 0.1) is 0 Å². The highest BCUT2D eigenvalue weighted by Crippen LogP contribution is 2.26. The van der Waals surface area contributed by atoms with Crippen molar-refractivity contribution in [1.29, 1.82) is 0 Å². The van der Waals surface area contributed by atoms with Crippen LogP contribution in [0.1, 0.15) is 49.8 Å². The van der Waals surface area contributed by atoms with Crippen LogP contribution in [0.2, 0.25) is 0 Å². The summed E-state index contributed by atoms with van der Waals surface area (Å²) < 4.78 is 20.1. The lowest BCUT2D eigenvalue weighted by Gasteiger charge is -2.30. The first kappa shape index (κ1) is 25.8. The van der Waals surface area contributed by atoms with Crippen LogP contribution in [-0.4, -0.2) is 35.9 Å². The van der Waals surface area contributed by atoms with Crippen LogP contribution < -0.4 is 10.1 Å². The number of aryl methyl sites for hydroxylation is 2. The zero-order valence-corrected chi connectivity index (χ0v) is 20.8. The molecule has 0 saturated carbocycles. The van der Waals surface area contributed by atoms with Crippen LogP contribution in [0, 0.1) is 19.7 Å². The fraction of sp³-hybridized carbons (Fsp3) is 0.440. The molecule has 174 valence electrons. The van der Waals surface area contributed by atoms with Crippen molar-refractivity contribution in [3.63, 3.8) is 0 Å². The van der Waals surface area contributed by atoms with Gasteiger partial charge in [-0.3, -0.25) is 9.59 Å². The summed E-state index contributed by atoms with van der Waals surface area (Å²) in [6.07, 6.45) is 2.30. The molecule has 2 aromatic carbocycles. The predicted octanol–water partition coefficient (Wildman–Crippen LogP) is 5.31. The van der Waals surface area contributed by atoms with Gasteiger partial charge in [0.1, 0.15) is 17.6 Å². The Kier molecular flexibility index (Phi) is 10.2. The average Bonchev–Trinajstić information content (AvgIpc) is 2.77. The molecule has 0 aromatic heterocycles. The maximum Gasteiger partial charge on any atom is 0.261 e. The number of rotatable bonds is 11. The molecular formula is C25H32BrFN2O3. The summed E-state index contributed by atoms with van der Waals surface area (Å²) in [4.78, 5) is 27.5. The number of ether oxygens (including phenoxy) is 1. The molecule has 0 saturated heterocycles. The van der Waals surface area contributed by atoms with Crippen molar-refractivity contribution in [2.45, 2.75) is 59.5 Å². The Balaban J connectivity index is 2.20. The normalized spacial score (nSPS) is 11.7. The molecule has 0 radical (unpaired) electrons. The van der Waals surface area contributed by atoms with E-state index in [1.54, 1.807) is 12.1 Å². The molecule has 0 aliphatic rings. The highest BCUT2D eigenvalue weighted by Gasteiger charge is 2.28. The minimum atomic E-state index is -0.638. The van der Waals surface area contributed by atoms with Gasteiger partial charge in [0.25, 0.3) is 5.91 Å². The van der Waals surface area contributed by atoms with Crippen LogP contribution in [0.3, 0.4) is 0 Å². The van der Waals surface area contributed by atoms with Gasteiger partial charge in [-0.25, -0.2) is 4.39 Å². The summed E-state index contributed by atoms with van der Waals surface area (Å²) in [5, 5.41) is 2.92. The molecule has 32 heavy (non-hydrogen) atoms. The quantitative estimate of drug-likeness (QED) is 0.420. The number of nitrogens with zero attached hydrogens (tertiary/aromatic N) is 1. The fourth-order valence-corrected chi connectivity index (χ4v) is 3.66. The average molecular weight is 507 g/mol. The second kappa shape index (κ2) is 12.6. The number of amides is 2. The largest absolute Gasteiger partial charge is 0.484 e. The van der Waals surface area contributed by atoms with Gasteiger partial charge < -0.3 is 15.0 Å². The Morgan fingerprint density at radius 3 is 2.31 bits per heavy atom. The number of carbonyl (C=O) groups excluding carboxylic acids is 2. The first-order valence-corrected chi connectivity index (χ1v) is 11.8. The molecule has 1 N–H and O–H groups in total. The number of carbonyl (C=O) groups is 2. The first-order valence-electron chi connectivity index (χ1n) is 11.0. The first-order chi connectivity index (χ1) is 15.3. The summed E-state index contributed by atoms with van der Waals surface area (Å²) in [5.74, 6) is -0.240. The van der Waals surface area contributed by atoms with Gasteiger partial charge >= 0.3 is 0 Å². The van der Waals surface area contributed by atoms with Crippen molar-refractivity contribution in [2.24, 2.45) is 0 Å². The smallest absolute Gasteiger partial charge is 0.261 e. The van der Waals surface area contributed by atoms with E-state index < -0.39 is 6.04 Å². The summed E-state index contributed by atoms with van der Waals surface area (Å²) in [7, 11) is 0. The van der Waals surface area contributed by atoms with E-state index in [4.69, 9.17) is 4.74 Å². The molecule has 2 aromatic rings. The van der Waals surface area contributed by atoms with E-state index in [1.165, 1.54) is 17.0 Å². The monoisotopic (exact) mass is 506 g/mol. The van der Waals surface area contributed by atoms with Crippen molar-refractivity contribution >= 4 is 27.7 Å². The SMILES string of the molecule is CCCCNC(=O)C(CC)N(Cc1ccc(F)cc1)C(=O)COc1cc(C)c(Br)c(C)c1. The number of hydrogen-bond acceptors (Lipinski definition) is 3. The second-order valence-electron chi connectivity index (χ2n) is 7.88. The van der Waals surface area contributed by atoms with Crippen molar-refractivity contribution in [3.8, 4) is 5.75 Å². The number of benzene rings is 2. The van der Waals surface area contributed by atoms with Gasteiger partial charge in [-0.15, -0.1) is 0 Å². The Morgan fingerprint density at radius 2 is 1.75 bits per heavy atom. The summed E-state index contributed by atoms with van der Waals surface area (Å²) in [5.41, 5.74) is 2.77. The third kappa shape index (κ3) is 7.33. The second-order valence-corrected chi connectivity index (χ2v) is 8.67. The topological polar surface area (TPSA) is 58.6 Å². The number of nitrogens with one attached hydrogen (secondary N) is 1. The van der Waals surface area contributed by atoms with E-state index in [1.807, 2.05) is 32.9 Å². The van der Waals surface area contributed by atoms with Crippen LogP contribution in [0.5, 0.6) is 5.75 Å². The molecule has 2 rings (SSSR count). The number of unbranched alkanes of at least 4 members (excludes halogenated alkanes) is 1. The lowest BCUT2D eigenvalue weighted by atomic mass is 10.1. The van der Waals surface area contributed by atoms with Crippen molar-refractivity contribution in [1.82, 2.24) is 10.2 Å². The van der Waals surface area contributed by atoms with Gasteiger partial charge in [0.2, 0.25) is 5.91 Å². The van der Waals surface area contributed by atoms with Crippen molar-refractivity contribution < 1.29 is 18.7 Å². The molecule has 0 spiro atoms. The van der Waals surface area contributed by atoms with E-state index in [2.05, 4.69) is 28.2 Å². The molecule has 0 aliphatic carbocycles. The fourth-order valence-electron chi connectivity index (χ4n) is 3.43. The minimum Gasteiger partial charge on any atom is -0.484 e. The Bertz CT molecular complexity index is 895. The molecule has 2 amide bonds. The van der Waals surface area contributed by atoms with Gasteiger partial charge in [-0.05, 0) is 67.6 Å². The van der Waals surface area contributed by atoms with E-state index in [-0.39, 0.29) is 30.8 Å². The van der Waals surface area contributed by atoms with Gasteiger partial charge in [-0.2, -0.15) is 0 Å². The highest BCUT2D eigenvalue weighted by molar-refractivity contribution is 9.10. The zero-order valence-electron chi connectivity index (χ0n) is 19.2. The molecule has 0 heterocycles. The molecule has 7 heteroatoms. The Morgan fingerprint density at radius 1 is 1.12 bits per heavy atom. The van der Waals surface area contributed by atoms with Crippen LogP contribution in [0.4, 0.5) is 4.39 Å². The molecule has 1 atom stereocenters. The Hall–Kier alpha value is -2.41. The summed E-state index contributed by atoms with van der Waals surface area (Å²) in [6, 6.07) is 9.04. The van der Waals surface area contributed by atoms with E-state index in [0.717, 1.165) is 34.0 Å². The van der Waals surface area contributed by atoms with Crippen LogP contribution in [0.15, 0.2) is 40.9 Å². The summed E-state index contributed by atoms with van der Waals surface area (Å²) in [6.45, 7) is 8.41. The molecular weight excluding hydrogens is 475 g/mol. The highest BCUT2D eigenvalue weighted by atomic mass is 79.9. The maximum absolute atomic E-state index is 13.3. The van der Waals surface area contributed by atoms with Gasteiger partial charge in [-0.1, -0.05) is 48.3 Å². The third-order valence-electron chi connectivity index (χ3n) is 5.25. The van der Waals surface area contributed by atoms with E-state index in [9.17, 15) is 14.0 Å². The van der Waals surface area contributed by atoms with Gasteiger partial charge in [0, 0.05) is 17.6 Å². The van der Waals surface area contributed by atoms with Crippen LogP contribution in [-0.2, 0) is 16.1 Å². The standard InChI is InChI=1S/C25H32BrFN2O3/c1-5-7-12-28-25(31)22(6-2)29(15-19-8-10-20(27)11-9-19)23(30)16-32-21-13-17(3)24(26)18(4)14-21/h8-11,13-14,22H,5-7,12,15-16H2,1-4H3,(H,28,31). The maximum atomic E-state index is 13.3. The van der Waals surface area contributed by atoms with Crippen molar-refractivity contribution in [2.75, 3.05) is 13.2 Å². The molecule has 0 aliphatic heterocycles. The molecule has 0 fully saturated rings. The lowest BCUT2D eigenvalue weighted by molar-refractivity contribution is -0.143. The Labute approximate surface area is 198 Å². The minimum absolute atomic E-state index is 0.188. The molecule has 0 bridgehead atoms.